The zero-order chi connectivity index (χ0) is 30.2. The van der Waals surface area contributed by atoms with Gasteiger partial charge < -0.3 is 14.2 Å². The van der Waals surface area contributed by atoms with Gasteiger partial charge in [-0.15, -0.1) is 0 Å². The maximum absolute atomic E-state index is 13.9. The Balaban J connectivity index is 1.32. The van der Waals surface area contributed by atoms with E-state index in [2.05, 4.69) is 0 Å². The van der Waals surface area contributed by atoms with E-state index >= 15 is 0 Å². The van der Waals surface area contributed by atoms with Gasteiger partial charge in [0.25, 0.3) is 5.91 Å². The number of imide groups is 2. The molecule has 0 bridgehead atoms. The van der Waals surface area contributed by atoms with E-state index in [1.54, 1.807) is 25.3 Å². The Morgan fingerprint density at radius 2 is 1.30 bits per heavy atom. The van der Waals surface area contributed by atoms with E-state index < -0.39 is 30.2 Å². The Labute approximate surface area is 250 Å². The summed E-state index contributed by atoms with van der Waals surface area (Å²) in [6.07, 6.45) is 1.73. The lowest BCUT2D eigenvalue weighted by Crippen LogP contribution is -2.41. The highest BCUT2D eigenvalue weighted by Gasteiger charge is 2.40. The van der Waals surface area contributed by atoms with Crippen LogP contribution >= 0.6 is 0 Å². The average molecular weight is 583 g/mol. The van der Waals surface area contributed by atoms with E-state index in [0.717, 1.165) is 16.7 Å². The van der Waals surface area contributed by atoms with Crippen LogP contribution in [0.2, 0.25) is 0 Å². The molecule has 0 saturated carbocycles. The zero-order valence-electron chi connectivity index (χ0n) is 24.0. The molecule has 0 spiro atoms. The second kappa shape index (κ2) is 13.8. The smallest absolute Gasteiger partial charge is 0.417 e. The van der Waals surface area contributed by atoms with Gasteiger partial charge in [0.2, 0.25) is 5.91 Å². The minimum absolute atomic E-state index is 0.00231. The van der Waals surface area contributed by atoms with Gasteiger partial charge in [0.1, 0.15) is 19.0 Å². The molecule has 4 amide bonds. The topological polar surface area (TPSA) is 102 Å². The van der Waals surface area contributed by atoms with Crippen LogP contribution in [0.5, 0.6) is 5.75 Å². The van der Waals surface area contributed by atoms with Crippen LogP contribution in [-0.4, -0.2) is 66.2 Å². The Hall–Kier alpha value is -4.92. The van der Waals surface area contributed by atoms with Crippen LogP contribution in [0.1, 0.15) is 29.5 Å². The van der Waals surface area contributed by atoms with Crippen molar-refractivity contribution in [3.05, 3.63) is 113 Å². The lowest BCUT2D eigenvalue weighted by Gasteiger charge is -2.22. The number of ether oxygens (including phenoxy) is 3. The van der Waals surface area contributed by atoms with Crippen LogP contribution in [0.15, 0.2) is 96.6 Å². The number of carbonyl (C=O) groups is 4. The lowest BCUT2D eigenvalue weighted by atomic mass is 10.00. The van der Waals surface area contributed by atoms with Crippen molar-refractivity contribution in [1.82, 2.24) is 9.80 Å². The largest absolute Gasteiger partial charge is 0.497 e. The Kier molecular flexibility index (Phi) is 9.51. The number of cyclic esters (lactones) is 2. The summed E-state index contributed by atoms with van der Waals surface area (Å²) in [4.78, 5) is 54.7. The first-order valence-electron chi connectivity index (χ1n) is 14.3. The van der Waals surface area contributed by atoms with Crippen LogP contribution in [0.4, 0.5) is 9.59 Å². The van der Waals surface area contributed by atoms with E-state index in [-0.39, 0.29) is 38.4 Å². The first-order chi connectivity index (χ1) is 20.9. The maximum Gasteiger partial charge on any atom is 0.417 e. The van der Waals surface area contributed by atoms with Gasteiger partial charge in [0, 0.05) is 18.4 Å². The van der Waals surface area contributed by atoms with Gasteiger partial charge >= 0.3 is 12.2 Å². The summed E-state index contributed by atoms with van der Waals surface area (Å²) in [7, 11) is 1.58. The van der Waals surface area contributed by atoms with Crippen molar-refractivity contribution < 1.29 is 33.4 Å². The SMILES string of the molecule is COc1ccc(C/C(=C\CCC(=O)N2C(=O)OCC2Cc2ccccc2)C(=O)N2C(=O)OCC2Cc2ccccc2)cc1. The fourth-order valence-corrected chi connectivity index (χ4v) is 5.39. The first kappa shape index (κ1) is 29.6. The van der Waals surface area contributed by atoms with E-state index in [4.69, 9.17) is 14.2 Å². The summed E-state index contributed by atoms with van der Waals surface area (Å²) in [6.45, 7) is 0.240. The molecule has 2 aliphatic rings. The fraction of sp³-hybridized carbons (Fsp3) is 0.294. The molecule has 2 fully saturated rings. The molecule has 2 unspecified atom stereocenters. The van der Waals surface area contributed by atoms with Crippen molar-refractivity contribution in [2.24, 2.45) is 0 Å². The highest BCUT2D eigenvalue weighted by molar-refractivity contribution is 6.03. The Morgan fingerprint density at radius 3 is 1.86 bits per heavy atom. The van der Waals surface area contributed by atoms with Gasteiger partial charge in [0.15, 0.2) is 0 Å². The number of nitrogens with zero attached hydrogens (tertiary/aromatic N) is 2. The summed E-state index contributed by atoms with van der Waals surface area (Å²) >= 11 is 0. The molecule has 9 heteroatoms. The molecule has 0 radical (unpaired) electrons. The zero-order valence-corrected chi connectivity index (χ0v) is 24.0. The normalized spacial score (nSPS) is 18.4. The van der Waals surface area contributed by atoms with Crippen molar-refractivity contribution in [2.45, 2.75) is 44.2 Å². The molecule has 2 heterocycles. The highest BCUT2D eigenvalue weighted by Crippen LogP contribution is 2.24. The third kappa shape index (κ3) is 7.30. The number of benzene rings is 3. The number of rotatable bonds is 11. The number of methoxy groups -OCH3 is 1. The number of hydrogen-bond acceptors (Lipinski definition) is 7. The molecule has 9 nitrogen and oxygen atoms in total. The monoisotopic (exact) mass is 582 g/mol. The molecule has 3 aromatic carbocycles. The highest BCUT2D eigenvalue weighted by atomic mass is 16.6. The number of allylic oxidation sites excluding steroid dienone is 1. The molecule has 2 atom stereocenters. The minimum atomic E-state index is -0.689. The fourth-order valence-electron chi connectivity index (χ4n) is 5.39. The summed E-state index contributed by atoms with van der Waals surface area (Å²) in [5.41, 5.74) is 3.18. The van der Waals surface area contributed by atoms with E-state index in [1.165, 1.54) is 9.80 Å². The molecule has 0 N–H and O–H groups in total. The predicted octanol–water partition coefficient (Wildman–Crippen LogP) is 5.12. The first-order valence-corrected chi connectivity index (χ1v) is 14.3. The van der Waals surface area contributed by atoms with Crippen LogP contribution in [-0.2, 0) is 38.3 Å². The van der Waals surface area contributed by atoms with Gasteiger partial charge in [0.05, 0.1) is 19.2 Å². The quantitative estimate of drug-likeness (QED) is 0.289. The second-order valence-electron chi connectivity index (χ2n) is 10.6. The lowest BCUT2D eigenvalue weighted by molar-refractivity contribution is -0.129. The van der Waals surface area contributed by atoms with Crippen molar-refractivity contribution in [2.75, 3.05) is 20.3 Å². The number of hydrogen-bond donors (Lipinski definition) is 0. The molecule has 5 rings (SSSR count). The molecule has 3 aromatic rings. The van der Waals surface area contributed by atoms with Crippen LogP contribution in [0, 0.1) is 0 Å². The second-order valence-corrected chi connectivity index (χ2v) is 10.6. The van der Waals surface area contributed by atoms with Gasteiger partial charge in [-0.05, 0) is 48.1 Å². The van der Waals surface area contributed by atoms with Gasteiger partial charge in [-0.2, -0.15) is 0 Å². The standard InChI is InChI=1S/C34H34N2O7/c1-41-30-17-15-26(16-18-30)19-27(32(38)36-29(23-43-34(36)40)21-25-11-6-3-7-12-25)13-8-14-31(37)35-28(22-42-33(35)39)20-24-9-4-2-5-10-24/h2-7,9-13,15-18,28-29H,8,14,19-23H2,1H3/b27-13+. The molecule has 2 saturated heterocycles. The van der Waals surface area contributed by atoms with Crippen molar-refractivity contribution in [3.63, 3.8) is 0 Å². The van der Waals surface area contributed by atoms with Crippen molar-refractivity contribution in [1.29, 1.82) is 0 Å². The molecular formula is C34H34N2O7. The van der Waals surface area contributed by atoms with Crippen molar-refractivity contribution in [3.8, 4) is 5.75 Å². The summed E-state index contributed by atoms with van der Waals surface area (Å²) < 4.78 is 15.7. The van der Waals surface area contributed by atoms with E-state index in [0.29, 0.717) is 24.2 Å². The Morgan fingerprint density at radius 1 is 0.767 bits per heavy atom. The van der Waals surface area contributed by atoms with E-state index in [9.17, 15) is 19.2 Å². The third-order valence-corrected chi connectivity index (χ3v) is 7.62. The third-order valence-electron chi connectivity index (χ3n) is 7.62. The number of amides is 4. The van der Waals surface area contributed by atoms with Gasteiger partial charge in [-0.25, -0.2) is 19.4 Å². The average Bonchev–Trinajstić information content (AvgIpc) is 3.58. The predicted molar refractivity (Wildman–Crippen MR) is 158 cm³/mol. The molecule has 0 aromatic heterocycles. The van der Waals surface area contributed by atoms with Gasteiger partial charge in [-0.3, -0.25) is 9.59 Å². The molecule has 43 heavy (non-hydrogen) atoms. The maximum atomic E-state index is 13.9. The summed E-state index contributed by atoms with van der Waals surface area (Å²) in [5.74, 6) is -0.160. The Bertz CT molecular complexity index is 1470. The molecule has 2 aliphatic heterocycles. The minimum Gasteiger partial charge on any atom is -0.497 e. The van der Waals surface area contributed by atoms with Crippen LogP contribution in [0.3, 0.4) is 0 Å². The summed E-state index contributed by atoms with van der Waals surface area (Å²) in [6, 6.07) is 25.7. The van der Waals surface area contributed by atoms with Crippen LogP contribution < -0.4 is 4.74 Å². The van der Waals surface area contributed by atoms with Crippen molar-refractivity contribution >= 4 is 24.0 Å². The van der Waals surface area contributed by atoms with Crippen LogP contribution in [0.25, 0.3) is 0 Å². The number of carbonyl (C=O) groups excluding carboxylic acids is 4. The van der Waals surface area contributed by atoms with E-state index in [1.807, 2.05) is 72.8 Å². The molecule has 0 aliphatic carbocycles. The summed E-state index contributed by atoms with van der Waals surface area (Å²) in [5, 5.41) is 0. The van der Waals surface area contributed by atoms with Gasteiger partial charge in [-0.1, -0.05) is 78.9 Å². The molecular weight excluding hydrogens is 548 g/mol. The molecule has 222 valence electrons.